The lowest BCUT2D eigenvalue weighted by atomic mass is 9.84. The van der Waals surface area contributed by atoms with Crippen molar-refractivity contribution in [2.45, 2.75) is 65.5 Å². The summed E-state index contributed by atoms with van der Waals surface area (Å²) in [6.07, 6.45) is 2.12. The van der Waals surface area contributed by atoms with Gasteiger partial charge < -0.3 is 23.9 Å². The van der Waals surface area contributed by atoms with Gasteiger partial charge >= 0.3 is 0 Å². The molecule has 1 atom stereocenters. The average Bonchev–Trinajstić information content (AvgIpc) is 3.38. The normalized spacial score (nSPS) is 18.2. The van der Waals surface area contributed by atoms with Crippen molar-refractivity contribution in [3.05, 3.63) is 59.1 Å². The molecule has 1 unspecified atom stereocenters. The first-order valence-electron chi connectivity index (χ1n) is 11.8. The molecular weight excluding hydrogens is 434 g/mol. The maximum Gasteiger partial charge on any atom is 0.295 e. The number of carbonyl (C=O) groups excluding carboxylic acids is 2. The number of likely N-dealkylation sites (tertiary alicyclic amines) is 1. The van der Waals surface area contributed by atoms with Crippen LogP contribution in [0, 0.1) is 0 Å². The van der Waals surface area contributed by atoms with E-state index in [4.69, 9.17) is 13.9 Å². The van der Waals surface area contributed by atoms with Crippen LogP contribution < -0.4 is 4.74 Å². The second-order valence-corrected chi connectivity index (χ2v) is 9.67. The summed E-state index contributed by atoms with van der Waals surface area (Å²) >= 11 is 0. The van der Waals surface area contributed by atoms with Crippen LogP contribution in [0.5, 0.6) is 5.75 Å². The van der Waals surface area contributed by atoms with Crippen LogP contribution in [0.3, 0.4) is 0 Å². The van der Waals surface area contributed by atoms with E-state index in [1.807, 2.05) is 26.8 Å². The fourth-order valence-corrected chi connectivity index (χ4v) is 4.11. The van der Waals surface area contributed by atoms with E-state index in [2.05, 4.69) is 20.8 Å². The van der Waals surface area contributed by atoms with E-state index in [0.29, 0.717) is 37.5 Å². The maximum absolute atomic E-state index is 13.1. The molecule has 1 N–H and O–H groups in total. The lowest BCUT2D eigenvalue weighted by Crippen LogP contribution is -2.31. The summed E-state index contributed by atoms with van der Waals surface area (Å²) in [5.74, 6) is -0.467. The average molecular weight is 470 g/mol. The number of nitrogens with zero attached hydrogens (tertiary/aromatic N) is 1. The van der Waals surface area contributed by atoms with Crippen molar-refractivity contribution in [3.8, 4) is 5.75 Å². The predicted molar refractivity (Wildman–Crippen MR) is 130 cm³/mol. The van der Waals surface area contributed by atoms with Gasteiger partial charge in [-0.15, -0.1) is 0 Å². The molecule has 3 rings (SSSR count). The molecule has 1 amide bonds. The van der Waals surface area contributed by atoms with Gasteiger partial charge in [-0.1, -0.05) is 20.8 Å². The Bertz CT molecular complexity index is 1050. The third kappa shape index (κ3) is 5.36. The van der Waals surface area contributed by atoms with Gasteiger partial charge in [0.05, 0.1) is 24.5 Å². The fraction of sp³-hybridized carbons (Fsp3) is 0.481. The first-order valence-corrected chi connectivity index (χ1v) is 11.8. The van der Waals surface area contributed by atoms with Crippen LogP contribution in [0.25, 0.3) is 5.76 Å². The van der Waals surface area contributed by atoms with E-state index >= 15 is 0 Å². The summed E-state index contributed by atoms with van der Waals surface area (Å²) in [4.78, 5) is 27.6. The van der Waals surface area contributed by atoms with E-state index in [0.717, 1.165) is 11.3 Å². The Hall–Kier alpha value is -3.06. The molecule has 0 radical (unpaired) electrons. The minimum Gasteiger partial charge on any atom is -0.507 e. The number of ether oxygens (including phenoxy) is 2. The monoisotopic (exact) mass is 469 g/mol. The third-order valence-electron chi connectivity index (χ3n) is 5.71. The van der Waals surface area contributed by atoms with E-state index in [-0.39, 0.29) is 22.9 Å². The lowest BCUT2D eigenvalue weighted by Gasteiger charge is -2.25. The largest absolute Gasteiger partial charge is 0.507 e. The molecule has 1 aromatic carbocycles. The molecule has 184 valence electrons. The van der Waals surface area contributed by atoms with Crippen molar-refractivity contribution in [2.24, 2.45) is 0 Å². The van der Waals surface area contributed by atoms with Crippen LogP contribution >= 0.6 is 0 Å². The molecule has 0 aliphatic carbocycles. The number of carbonyl (C=O) groups is 2. The van der Waals surface area contributed by atoms with Gasteiger partial charge in [-0.3, -0.25) is 9.59 Å². The smallest absolute Gasteiger partial charge is 0.295 e. The van der Waals surface area contributed by atoms with Gasteiger partial charge in [0.1, 0.15) is 23.3 Å². The number of hydrogen-bond donors (Lipinski definition) is 1. The number of hydrogen-bond acceptors (Lipinski definition) is 6. The van der Waals surface area contributed by atoms with Gasteiger partial charge in [0.25, 0.3) is 11.7 Å². The molecule has 1 aromatic heterocycles. The number of Topliss-reactive ketones (excluding diaryl/α,β-unsaturated/α-hetero) is 1. The molecular formula is C27H35NO6. The molecule has 0 spiro atoms. The van der Waals surface area contributed by atoms with Crippen molar-refractivity contribution in [1.82, 2.24) is 4.90 Å². The molecule has 0 bridgehead atoms. The van der Waals surface area contributed by atoms with Crippen LogP contribution in [-0.2, 0) is 19.7 Å². The van der Waals surface area contributed by atoms with Crippen LogP contribution in [0.2, 0.25) is 0 Å². The quantitative estimate of drug-likeness (QED) is 0.235. The zero-order valence-corrected chi connectivity index (χ0v) is 20.9. The van der Waals surface area contributed by atoms with Gasteiger partial charge in [-0.25, -0.2) is 0 Å². The summed E-state index contributed by atoms with van der Waals surface area (Å²) in [6, 6.07) is 7.92. The second kappa shape index (κ2) is 10.5. The highest BCUT2D eigenvalue weighted by molar-refractivity contribution is 6.46. The highest BCUT2D eigenvalue weighted by Gasteiger charge is 2.47. The number of benzene rings is 1. The third-order valence-corrected chi connectivity index (χ3v) is 5.71. The summed E-state index contributed by atoms with van der Waals surface area (Å²) in [5.41, 5.74) is 1.11. The van der Waals surface area contributed by atoms with Gasteiger partial charge in [0, 0.05) is 24.3 Å². The Morgan fingerprint density at radius 1 is 1.21 bits per heavy atom. The Kier molecular flexibility index (Phi) is 7.87. The molecule has 1 aliphatic heterocycles. The molecule has 34 heavy (non-hydrogen) atoms. The van der Waals surface area contributed by atoms with E-state index in [1.54, 1.807) is 24.3 Å². The van der Waals surface area contributed by atoms with Crippen LogP contribution in [0.1, 0.15) is 70.9 Å². The number of aliphatic hydroxyl groups excluding tert-OH is 1. The standard InChI is InChI=1S/C27H35NO6/c1-7-32-20-12-11-18(16-19(20)27(4,5)6)24(29)22-23(21-10-8-14-34-21)28(26(31)25(22)30)13-9-15-33-17(2)3/h8,10-12,14,16-17,23,29H,7,9,13,15H2,1-6H3/b24-22-. The number of aliphatic hydroxyl groups is 1. The molecule has 7 heteroatoms. The van der Waals surface area contributed by atoms with E-state index < -0.39 is 17.7 Å². The number of furan rings is 1. The minimum atomic E-state index is -0.807. The van der Waals surface area contributed by atoms with Crippen LogP contribution in [-0.4, -0.2) is 47.6 Å². The Labute approximate surface area is 201 Å². The SMILES string of the molecule is CCOc1ccc(/C(O)=C2/C(=O)C(=O)N(CCCOC(C)C)C2c2ccco2)cc1C(C)(C)C. The van der Waals surface area contributed by atoms with E-state index in [9.17, 15) is 14.7 Å². The summed E-state index contributed by atoms with van der Waals surface area (Å²) < 4.78 is 17.0. The molecule has 1 saturated heterocycles. The van der Waals surface area contributed by atoms with Gasteiger partial charge in [0.2, 0.25) is 0 Å². The maximum atomic E-state index is 13.1. The van der Waals surface area contributed by atoms with Crippen molar-refractivity contribution < 1.29 is 28.6 Å². The van der Waals surface area contributed by atoms with Gasteiger partial charge in [-0.2, -0.15) is 0 Å². The van der Waals surface area contributed by atoms with Crippen LogP contribution in [0.15, 0.2) is 46.6 Å². The summed E-state index contributed by atoms with van der Waals surface area (Å²) in [7, 11) is 0. The number of amides is 1. The van der Waals surface area contributed by atoms with Crippen molar-refractivity contribution in [2.75, 3.05) is 19.8 Å². The van der Waals surface area contributed by atoms with Gasteiger partial charge in [-0.05, 0) is 62.9 Å². The molecule has 0 saturated carbocycles. The molecule has 7 nitrogen and oxygen atoms in total. The van der Waals surface area contributed by atoms with E-state index in [1.165, 1.54) is 11.2 Å². The van der Waals surface area contributed by atoms with Crippen molar-refractivity contribution >= 4 is 17.4 Å². The zero-order valence-electron chi connectivity index (χ0n) is 20.9. The van der Waals surface area contributed by atoms with Crippen LogP contribution in [0.4, 0.5) is 0 Å². The van der Waals surface area contributed by atoms with Crippen molar-refractivity contribution in [3.63, 3.8) is 0 Å². The van der Waals surface area contributed by atoms with Crippen molar-refractivity contribution in [1.29, 1.82) is 0 Å². The number of ketones is 1. The molecule has 2 heterocycles. The first-order chi connectivity index (χ1) is 16.1. The minimum absolute atomic E-state index is 0.0220. The Morgan fingerprint density at radius 3 is 2.53 bits per heavy atom. The van der Waals surface area contributed by atoms with Gasteiger partial charge in [0.15, 0.2) is 0 Å². The Morgan fingerprint density at radius 2 is 1.94 bits per heavy atom. The highest BCUT2D eigenvalue weighted by atomic mass is 16.5. The molecule has 1 fully saturated rings. The lowest BCUT2D eigenvalue weighted by molar-refractivity contribution is -0.140. The molecule has 2 aromatic rings. The fourth-order valence-electron chi connectivity index (χ4n) is 4.11. The molecule has 1 aliphatic rings. The second-order valence-electron chi connectivity index (χ2n) is 9.67. The Balaban J connectivity index is 2.05. The predicted octanol–water partition coefficient (Wildman–Crippen LogP) is 5.21. The number of rotatable bonds is 9. The summed E-state index contributed by atoms with van der Waals surface area (Å²) in [6.45, 7) is 13.2. The zero-order chi connectivity index (χ0) is 25.0. The highest BCUT2D eigenvalue weighted by Crippen LogP contribution is 2.41. The summed E-state index contributed by atoms with van der Waals surface area (Å²) in [5, 5.41) is 11.3. The first kappa shape index (κ1) is 25.6. The topological polar surface area (TPSA) is 89.2 Å².